The standard InChI is InChI=1S/C7H11N3/c1-10-7(3-2-5-8)4-6-9-10/h2-4,6H,5,8H2,1H3. The number of rotatable bonds is 2. The second-order valence-electron chi connectivity index (χ2n) is 2.02. The van der Waals surface area contributed by atoms with Crippen LogP contribution in [-0.2, 0) is 7.05 Å². The minimum absolute atomic E-state index is 0.575. The van der Waals surface area contributed by atoms with Crippen LogP contribution in [0.4, 0.5) is 0 Å². The summed E-state index contributed by atoms with van der Waals surface area (Å²) in [5.74, 6) is 0. The number of aromatic nitrogens is 2. The summed E-state index contributed by atoms with van der Waals surface area (Å²) in [5, 5.41) is 3.99. The number of aryl methyl sites for hydroxylation is 1. The molecule has 10 heavy (non-hydrogen) atoms. The molecule has 54 valence electrons. The van der Waals surface area contributed by atoms with Gasteiger partial charge < -0.3 is 5.73 Å². The van der Waals surface area contributed by atoms with Crippen LogP contribution in [0.5, 0.6) is 0 Å². The molecule has 1 heterocycles. The van der Waals surface area contributed by atoms with Gasteiger partial charge in [0.1, 0.15) is 0 Å². The average Bonchev–Trinajstić information content (AvgIpc) is 2.31. The van der Waals surface area contributed by atoms with Gasteiger partial charge in [-0.15, -0.1) is 0 Å². The van der Waals surface area contributed by atoms with Gasteiger partial charge in [0, 0.05) is 19.8 Å². The molecule has 0 unspecified atom stereocenters. The molecule has 0 aliphatic carbocycles. The average molecular weight is 137 g/mol. The predicted octanol–water partition coefficient (Wildman–Crippen LogP) is 0.392. The largest absolute Gasteiger partial charge is 0.327 e. The van der Waals surface area contributed by atoms with Crippen molar-refractivity contribution in [2.75, 3.05) is 6.54 Å². The quantitative estimate of drug-likeness (QED) is 0.641. The van der Waals surface area contributed by atoms with E-state index in [9.17, 15) is 0 Å². The lowest BCUT2D eigenvalue weighted by Gasteiger charge is -1.91. The van der Waals surface area contributed by atoms with E-state index in [1.54, 1.807) is 10.9 Å². The molecule has 0 spiro atoms. The van der Waals surface area contributed by atoms with Crippen LogP contribution in [0.1, 0.15) is 5.69 Å². The summed E-state index contributed by atoms with van der Waals surface area (Å²) in [6.45, 7) is 0.575. The summed E-state index contributed by atoms with van der Waals surface area (Å²) in [6, 6.07) is 1.94. The molecule has 0 aromatic carbocycles. The van der Waals surface area contributed by atoms with E-state index in [1.165, 1.54) is 0 Å². The molecule has 0 atom stereocenters. The van der Waals surface area contributed by atoms with Crippen LogP contribution in [0.25, 0.3) is 6.08 Å². The highest BCUT2D eigenvalue weighted by atomic mass is 15.2. The maximum absolute atomic E-state index is 5.28. The first-order valence-electron chi connectivity index (χ1n) is 3.19. The third-order valence-electron chi connectivity index (χ3n) is 1.28. The van der Waals surface area contributed by atoms with E-state index in [0.29, 0.717) is 6.54 Å². The molecule has 0 amide bonds. The van der Waals surface area contributed by atoms with Gasteiger partial charge in [0.15, 0.2) is 0 Å². The molecule has 0 saturated heterocycles. The second kappa shape index (κ2) is 3.17. The van der Waals surface area contributed by atoms with Crippen molar-refractivity contribution in [3.63, 3.8) is 0 Å². The smallest absolute Gasteiger partial charge is 0.0603 e. The third kappa shape index (κ3) is 1.45. The number of nitrogens with zero attached hydrogens (tertiary/aromatic N) is 2. The molecule has 1 rings (SSSR count). The van der Waals surface area contributed by atoms with Crippen LogP contribution in [-0.4, -0.2) is 16.3 Å². The Morgan fingerprint density at radius 1 is 1.80 bits per heavy atom. The highest BCUT2D eigenvalue weighted by molar-refractivity contribution is 5.44. The fraction of sp³-hybridized carbons (Fsp3) is 0.286. The Kier molecular flexibility index (Phi) is 2.23. The van der Waals surface area contributed by atoms with Crippen LogP contribution in [0, 0.1) is 0 Å². The zero-order valence-electron chi connectivity index (χ0n) is 5.99. The molecule has 1 aromatic heterocycles. The number of nitrogens with two attached hydrogens (primary N) is 1. The van der Waals surface area contributed by atoms with Gasteiger partial charge in [-0.1, -0.05) is 6.08 Å². The molecule has 0 aliphatic heterocycles. The fourth-order valence-corrected chi connectivity index (χ4v) is 0.736. The van der Waals surface area contributed by atoms with Gasteiger partial charge >= 0.3 is 0 Å². The van der Waals surface area contributed by atoms with Crippen molar-refractivity contribution in [1.82, 2.24) is 9.78 Å². The van der Waals surface area contributed by atoms with E-state index in [2.05, 4.69) is 5.10 Å². The lowest BCUT2D eigenvalue weighted by molar-refractivity contribution is 0.759. The van der Waals surface area contributed by atoms with Crippen molar-refractivity contribution in [2.45, 2.75) is 0 Å². The van der Waals surface area contributed by atoms with Crippen LogP contribution < -0.4 is 5.73 Å². The summed E-state index contributed by atoms with van der Waals surface area (Å²) < 4.78 is 1.80. The molecule has 0 saturated carbocycles. The zero-order chi connectivity index (χ0) is 7.40. The molecular formula is C7H11N3. The van der Waals surface area contributed by atoms with Gasteiger partial charge in [0.25, 0.3) is 0 Å². The summed E-state index contributed by atoms with van der Waals surface area (Å²) >= 11 is 0. The lowest BCUT2D eigenvalue weighted by Crippen LogP contribution is -1.95. The highest BCUT2D eigenvalue weighted by Crippen LogP contribution is 1.97. The van der Waals surface area contributed by atoms with Gasteiger partial charge in [-0.3, -0.25) is 4.68 Å². The predicted molar refractivity (Wildman–Crippen MR) is 41.3 cm³/mol. The zero-order valence-corrected chi connectivity index (χ0v) is 5.99. The van der Waals surface area contributed by atoms with E-state index in [-0.39, 0.29) is 0 Å². The van der Waals surface area contributed by atoms with E-state index in [4.69, 9.17) is 5.73 Å². The lowest BCUT2D eigenvalue weighted by atomic mass is 10.4. The number of hydrogen-bond donors (Lipinski definition) is 1. The van der Waals surface area contributed by atoms with Crippen molar-refractivity contribution in [3.05, 3.63) is 24.0 Å². The maximum atomic E-state index is 5.28. The maximum Gasteiger partial charge on any atom is 0.0603 e. The van der Waals surface area contributed by atoms with Crippen LogP contribution in [0.3, 0.4) is 0 Å². The Balaban J connectivity index is 2.74. The van der Waals surface area contributed by atoms with Crippen molar-refractivity contribution in [3.8, 4) is 0 Å². The minimum Gasteiger partial charge on any atom is -0.327 e. The summed E-state index contributed by atoms with van der Waals surface area (Å²) in [7, 11) is 1.90. The topological polar surface area (TPSA) is 43.8 Å². The summed E-state index contributed by atoms with van der Waals surface area (Å²) in [5.41, 5.74) is 6.35. The van der Waals surface area contributed by atoms with Gasteiger partial charge in [-0.05, 0) is 12.1 Å². The Hall–Kier alpha value is -1.09. The Morgan fingerprint density at radius 3 is 3.10 bits per heavy atom. The monoisotopic (exact) mass is 137 g/mol. The normalized spacial score (nSPS) is 11.0. The molecule has 0 aliphatic rings. The minimum atomic E-state index is 0.575. The summed E-state index contributed by atoms with van der Waals surface area (Å²) in [6.07, 6.45) is 5.61. The highest BCUT2D eigenvalue weighted by Gasteiger charge is 1.88. The van der Waals surface area contributed by atoms with Crippen molar-refractivity contribution < 1.29 is 0 Å². The van der Waals surface area contributed by atoms with Crippen molar-refractivity contribution in [2.24, 2.45) is 12.8 Å². The first-order valence-corrected chi connectivity index (χ1v) is 3.19. The summed E-state index contributed by atoms with van der Waals surface area (Å²) in [4.78, 5) is 0. The van der Waals surface area contributed by atoms with Gasteiger partial charge in [-0.25, -0.2) is 0 Å². The number of hydrogen-bond acceptors (Lipinski definition) is 2. The molecule has 2 N–H and O–H groups in total. The van der Waals surface area contributed by atoms with E-state index >= 15 is 0 Å². The van der Waals surface area contributed by atoms with Crippen molar-refractivity contribution >= 4 is 6.08 Å². The molecule has 0 bridgehead atoms. The van der Waals surface area contributed by atoms with Gasteiger partial charge in [0.2, 0.25) is 0 Å². The molecule has 3 nitrogen and oxygen atoms in total. The van der Waals surface area contributed by atoms with E-state index in [0.717, 1.165) is 5.69 Å². The van der Waals surface area contributed by atoms with E-state index in [1.807, 2.05) is 25.3 Å². The second-order valence-corrected chi connectivity index (χ2v) is 2.02. The Morgan fingerprint density at radius 2 is 2.60 bits per heavy atom. The Bertz CT molecular complexity index is 225. The van der Waals surface area contributed by atoms with Gasteiger partial charge in [0.05, 0.1) is 5.69 Å². The van der Waals surface area contributed by atoms with Crippen molar-refractivity contribution in [1.29, 1.82) is 0 Å². The van der Waals surface area contributed by atoms with Crippen LogP contribution in [0.15, 0.2) is 18.3 Å². The molecule has 1 aromatic rings. The fourth-order valence-electron chi connectivity index (χ4n) is 0.736. The van der Waals surface area contributed by atoms with Crippen LogP contribution >= 0.6 is 0 Å². The van der Waals surface area contributed by atoms with E-state index < -0.39 is 0 Å². The molecule has 3 heteroatoms. The molecule has 0 fully saturated rings. The van der Waals surface area contributed by atoms with Gasteiger partial charge in [-0.2, -0.15) is 5.10 Å². The SMILES string of the molecule is Cn1nccc1C=CCN. The first-order chi connectivity index (χ1) is 4.84. The van der Waals surface area contributed by atoms with Crippen LogP contribution in [0.2, 0.25) is 0 Å². The first kappa shape index (κ1) is 7.02. The molecule has 0 radical (unpaired) electrons. The third-order valence-corrected chi connectivity index (χ3v) is 1.28. The molecular weight excluding hydrogens is 126 g/mol. The Labute approximate surface area is 60.1 Å².